The molecule has 2 aliphatic heterocycles. The molecule has 1 spiro atoms. The number of ether oxygens (including phenoxy) is 2. The molecule has 32 heavy (non-hydrogen) atoms. The molecule has 1 aromatic carbocycles. The summed E-state index contributed by atoms with van der Waals surface area (Å²) in [5.74, 6) is -0.640. The van der Waals surface area contributed by atoms with Gasteiger partial charge in [0.1, 0.15) is 11.4 Å². The van der Waals surface area contributed by atoms with Crippen molar-refractivity contribution in [3.63, 3.8) is 0 Å². The Morgan fingerprint density at radius 1 is 1.16 bits per heavy atom. The van der Waals surface area contributed by atoms with Gasteiger partial charge in [-0.25, -0.2) is 0 Å². The van der Waals surface area contributed by atoms with E-state index in [4.69, 9.17) is 4.74 Å². The Balaban J connectivity index is 1.22. The van der Waals surface area contributed by atoms with Crippen molar-refractivity contribution in [2.75, 3.05) is 19.7 Å². The van der Waals surface area contributed by atoms with E-state index in [1.165, 1.54) is 12.1 Å². The van der Waals surface area contributed by atoms with Gasteiger partial charge in [0.05, 0.1) is 19.7 Å². The van der Waals surface area contributed by atoms with Crippen molar-refractivity contribution >= 4 is 11.8 Å². The summed E-state index contributed by atoms with van der Waals surface area (Å²) in [6.45, 7) is 1.67. The monoisotopic (exact) mass is 449 g/mol. The summed E-state index contributed by atoms with van der Waals surface area (Å²) in [5.41, 5.74) is 0.795. The maximum atomic E-state index is 12.6. The van der Waals surface area contributed by atoms with E-state index in [-0.39, 0.29) is 29.0 Å². The van der Waals surface area contributed by atoms with Crippen LogP contribution < -0.4 is 10.1 Å². The molecule has 1 N–H and O–H groups in total. The van der Waals surface area contributed by atoms with Crippen molar-refractivity contribution in [2.45, 2.75) is 31.3 Å². The largest absolute Gasteiger partial charge is 0.573 e. The van der Waals surface area contributed by atoms with Gasteiger partial charge < -0.3 is 19.7 Å². The summed E-state index contributed by atoms with van der Waals surface area (Å²) >= 11 is 0. The molecule has 0 aliphatic carbocycles. The van der Waals surface area contributed by atoms with Crippen LogP contribution in [0.5, 0.6) is 5.75 Å². The number of aromatic nitrogens is 1. The van der Waals surface area contributed by atoms with Gasteiger partial charge in [-0.05, 0) is 54.3 Å². The van der Waals surface area contributed by atoms with Crippen LogP contribution in [0, 0.1) is 5.92 Å². The van der Waals surface area contributed by atoms with E-state index in [1.807, 2.05) is 12.1 Å². The molecule has 2 fully saturated rings. The van der Waals surface area contributed by atoms with E-state index in [0.717, 1.165) is 17.7 Å². The summed E-state index contributed by atoms with van der Waals surface area (Å²) in [7, 11) is 0. The lowest BCUT2D eigenvalue weighted by Gasteiger charge is -2.47. The maximum Gasteiger partial charge on any atom is 0.573 e. The first kappa shape index (κ1) is 22.1. The molecule has 0 radical (unpaired) electrons. The first-order chi connectivity index (χ1) is 15.2. The number of hydrogen-bond acceptors (Lipinski definition) is 5. The van der Waals surface area contributed by atoms with Crippen molar-refractivity contribution in [3.05, 3.63) is 59.9 Å². The van der Waals surface area contributed by atoms with E-state index in [1.54, 1.807) is 17.3 Å². The number of benzene rings is 1. The van der Waals surface area contributed by atoms with Gasteiger partial charge in [0.25, 0.3) is 5.91 Å². The predicted octanol–water partition coefficient (Wildman–Crippen LogP) is 2.92. The third-order valence-electron chi connectivity index (χ3n) is 5.58. The van der Waals surface area contributed by atoms with E-state index in [0.29, 0.717) is 39.1 Å². The summed E-state index contributed by atoms with van der Waals surface area (Å²) < 4.78 is 46.5. The zero-order valence-electron chi connectivity index (χ0n) is 17.1. The van der Waals surface area contributed by atoms with Gasteiger partial charge in [0.2, 0.25) is 5.91 Å². The fraction of sp³-hybridized carbons (Fsp3) is 0.409. The van der Waals surface area contributed by atoms with Crippen molar-refractivity contribution in [3.8, 4) is 5.75 Å². The number of carbonyl (C=O) groups is 2. The number of pyridine rings is 1. The van der Waals surface area contributed by atoms with Gasteiger partial charge >= 0.3 is 6.36 Å². The molecule has 170 valence electrons. The Hall–Kier alpha value is -3.14. The molecule has 0 saturated carbocycles. The number of rotatable bonds is 6. The minimum absolute atomic E-state index is 0.0547. The second kappa shape index (κ2) is 8.78. The van der Waals surface area contributed by atoms with Crippen LogP contribution in [0.25, 0.3) is 0 Å². The zero-order valence-corrected chi connectivity index (χ0v) is 17.1. The Morgan fingerprint density at radius 2 is 1.84 bits per heavy atom. The molecule has 2 amide bonds. The van der Waals surface area contributed by atoms with Crippen LogP contribution in [0.4, 0.5) is 13.2 Å². The lowest BCUT2D eigenvalue weighted by Crippen LogP contribution is -2.63. The molecule has 2 aliphatic rings. The molecule has 1 atom stereocenters. The van der Waals surface area contributed by atoms with Crippen molar-refractivity contribution in [2.24, 2.45) is 5.92 Å². The highest BCUT2D eigenvalue weighted by Crippen LogP contribution is 2.39. The van der Waals surface area contributed by atoms with Crippen LogP contribution in [-0.4, -0.2) is 53.4 Å². The number of amides is 2. The summed E-state index contributed by atoms with van der Waals surface area (Å²) in [5, 5.41) is 2.89. The minimum Gasteiger partial charge on any atom is -0.406 e. The average Bonchev–Trinajstić information content (AvgIpc) is 3.15. The van der Waals surface area contributed by atoms with Gasteiger partial charge in [-0.1, -0.05) is 0 Å². The molecular formula is C22H22F3N3O4. The van der Waals surface area contributed by atoms with Crippen LogP contribution >= 0.6 is 0 Å². The predicted molar refractivity (Wildman–Crippen MR) is 107 cm³/mol. The number of nitrogens with one attached hydrogen (secondary N) is 1. The Morgan fingerprint density at radius 3 is 2.50 bits per heavy atom. The van der Waals surface area contributed by atoms with E-state index >= 15 is 0 Å². The summed E-state index contributed by atoms with van der Waals surface area (Å²) in [4.78, 5) is 30.3. The Bertz CT molecular complexity index is 961. The Labute approximate surface area is 182 Å². The third-order valence-corrected chi connectivity index (χ3v) is 5.58. The highest BCUT2D eigenvalue weighted by atomic mass is 19.4. The third kappa shape index (κ3) is 5.37. The number of alkyl halides is 3. The van der Waals surface area contributed by atoms with Crippen LogP contribution in [0.15, 0.2) is 48.8 Å². The number of halogens is 3. The van der Waals surface area contributed by atoms with Gasteiger partial charge in [0, 0.05) is 30.9 Å². The van der Waals surface area contributed by atoms with Crippen LogP contribution in [0.1, 0.15) is 28.8 Å². The first-order valence-corrected chi connectivity index (χ1v) is 10.2. The molecule has 1 unspecified atom stereocenters. The molecule has 2 saturated heterocycles. The molecule has 1 aromatic heterocycles. The fourth-order valence-electron chi connectivity index (χ4n) is 4.10. The lowest BCUT2D eigenvalue weighted by atomic mass is 9.85. The minimum atomic E-state index is -4.78. The van der Waals surface area contributed by atoms with Gasteiger partial charge in [-0.15, -0.1) is 13.2 Å². The highest BCUT2D eigenvalue weighted by Gasteiger charge is 2.51. The number of hydrogen-bond donors (Lipinski definition) is 1. The smallest absolute Gasteiger partial charge is 0.406 e. The van der Waals surface area contributed by atoms with Crippen molar-refractivity contribution < 1.29 is 32.2 Å². The molecule has 4 rings (SSSR count). The normalized spacial score (nSPS) is 19.5. The molecule has 10 heteroatoms. The number of carbonyl (C=O) groups excluding carboxylic acids is 2. The second-order valence-electron chi connectivity index (χ2n) is 8.13. The quantitative estimate of drug-likeness (QED) is 0.734. The van der Waals surface area contributed by atoms with Crippen LogP contribution in [0.2, 0.25) is 0 Å². The zero-order chi connectivity index (χ0) is 22.8. The lowest BCUT2D eigenvalue weighted by molar-refractivity contribution is -0.274. The standard InChI is InChI=1S/C22H22F3N3O4/c23-22(24,25)32-18-3-1-17(2-4-18)20(30)28-13-21(14-28)10-16(12-31-21)9-19(29)27-11-15-5-7-26-8-6-15/h1-8,16H,9-14H2,(H,27,29). The topological polar surface area (TPSA) is 80.8 Å². The fourth-order valence-corrected chi connectivity index (χ4v) is 4.10. The molecule has 3 heterocycles. The molecule has 2 aromatic rings. The average molecular weight is 449 g/mol. The van der Waals surface area contributed by atoms with Gasteiger partial charge in [-0.2, -0.15) is 0 Å². The van der Waals surface area contributed by atoms with Gasteiger partial charge in [0.15, 0.2) is 0 Å². The van der Waals surface area contributed by atoms with Crippen LogP contribution in [-0.2, 0) is 16.1 Å². The van der Waals surface area contributed by atoms with E-state index in [2.05, 4.69) is 15.0 Å². The first-order valence-electron chi connectivity index (χ1n) is 10.2. The van der Waals surface area contributed by atoms with Crippen molar-refractivity contribution in [1.29, 1.82) is 0 Å². The van der Waals surface area contributed by atoms with Gasteiger partial charge in [-0.3, -0.25) is 14.6 Å². The summed E-state index contributed by atoms with van der Waals surface area (Å²) in [6, 6.07) is 8.52. The molecule has 7 nitrogen and oxygen atoms in total. The van der Waals surface area contributed by atoms with E-state index < -0.39 is 12.0 Å². The van der Waals surface area contributed by atoms with E-state index in [9.17, 15) is 22.8 Å². The van der Waals surface area contributed by atoms with Crippen LogP contribution in [0.3, 0.4) is 0 Å². The SMILES string of the molecule is O=C(CC1COC2(C1)CN(C(=O)c1ccc(OC(F)(F)F)cc1)C2)NCc1ccncc1. The maximum absolute atomic E-state index is 12.6. The number of likely N-dealkylation sites (tertiary alicyclic amines) is 1. The second-order valence-corrected chi connectivity index (χ2v) is 8.13. The van der Waals surface area contributed by atoms with Crippen molar-refractivity contribution in [1.82, 2.24) is 15.2 Å². The Kier molecular flexibility index (Phi) is 6.05. The summed E-state index contributed by atoms with van der Waals surface area (Å²) in [6.07, 6.45) is -0.407. The molecular weight excluding hydrogens is 427 g/mol. The number of nitrogens with zero attached hydrogens (tertiary/aromatic N) is 2. The molecule has 0 bridgehead atoms. The highest BCUT2D eigenvalue weighted by molar-refractivity contribution is 5.95.